The number of aryl methyl sites for hydroxylation is 1. The number of carboxylic acids is 1. The number of carbonyl (C=O) groups is 2. The molecule has 1 atom stereocenters. The summed E-state index contributed by atoms with van der Waals surface area (Å²) in [5.41, 5.74) is 1.03. The summed E-state index contributed by atoms with van der Waals surface area (Å²) in [5.74, 6) is -1.55. The normalized spacial score (nSPS) is 12.0. The van der Waals surface area contributed by atoms with E-state index in [4.69, 9.17) is 26.7 Å². The molecule has 0 aliphatic rings. The topological polar surface area (TPSA) is 111 Å². The van der Waals surface area contributed by atoms with E-state index in [1.807, 2.05) is 0 Å². The molecular formula is C15H16ClN3O4. The van der Waals surface area contributed by atoms with Crippen LogP contribution in [0.4, 0.5) is 5.69 Å². The number of carbonyl (C=O) groups excluding carboxylic acids is 1. The smallest absolute Gasteiger partial charge is 0.325 e. The summed E-state index contributed by atoms with van der Waals surface area (Å²) in [6.45, 7) is 3.09. The van der Waals surface area contributed by atoms with Crippen molar-refractivity contribution >= 4 is 29.2 Å². The average Bonchev–Trinajstić information content (AvgIpc) is 2.50. The lowest BCUT2D eigenvalue weighted by atomic mass is 10.2. The Morgan fingerprint density at radius 2 is 2.13 bits per heavy atom. The van der Waals surface area contributed by atoms with Crippen molar-refractivity contribution in [3.8, 4) is 11.8 Å². The van der Waals surface area contributed by atoms with E-state index in [-0.39, 0.29) is 5.57 Å². The van der Waals surface area contributed by atoms with Gasteiger partial charge in [-0.15, -0.1) is 0 Å². The van der Waals surface area contributed by atoms with Gasteiger partial charge in [-0.25, -0.2) is 0 Å². The first-order chi connectivity index (χ1) is 10.8. The van der Waals surface area contributed by atoms with E-state index in [1.54, 1.807) is 25.1 Å². The van der Waals surface area contributed by atoms with Crippen molar-refractivity contribution in [1.29, 1.82) is 5.26 Å². The second-order valence-electron chi connectivity index (χ2n) is 4.65. The fourth-order valence-electron chi connectivity index (χ4n) is 1.58. The minimum absolute atomic E-state index is 0.271. The van der Waals surface area contributed by atoms with E-state index in [2.05, 4.69) is 10.6 Å². The number of nitriles is 1. The zero-order valence-electron chi connectivity index (χ0n) is 12.8. The van der Waals surface area contributed by atoms with Gasteiger partial charge in [0.15, 0.2) is 0 Å². The highest BCUT2D eigenvalue weighted by Crippen LogP contribution is 2.31. The third-order valence-electron chi connectivity index (χ3n) is 2.94. The highest BCUT2D eigenvalue weighted by molar-refractivity contribution is 6.31. The third kappa shape index (κ3) is 4.90. The number of nitrogens with zero attached hydrogens (tertiary/aromatic N) is 1. The van der Waals surface area contributed by atoms with Crippen LogP contribution < -0.4 is 15.4 Å². The van der Waals surface area contributed by atoms with Crippen LogP contribution in [0.2, 0.25) is 5.02 Å². The van der Waals surface area contributed by atoms with Gasteiger partial charge in [0.25, 0.3) is 5.91 Å². The zero-order chi connectivity index (χ0) is 17.6. The maximum absolute atomic E-state index is 11.8. The summed E-state index contributed by atoms with van der Waals surface area (Å²) in [7, 11) is 1.46. The van der Waals surface area contributed by atoms with Gasteiger partial charge in [-0.05, 0) is 25.5 Å². The van der Waals surface area contributed by atoms with Crippen LogP contribution in [-0.4, -0.2) is 30.1 Å². The summed E-state index contributed by atoms with van der Waals surface area (Å²) in [5, 5.41) is 23.3. The van der Waals surface area contributed by atoms with Crippen LogP contribution in [0.3, 0.4) is 0 Å². The summed E-state index contributed by atoms with van der Waals surface area (Å²) in [6, 6.07) is 3.90. The molecule has 1 rings (SSSR count). The van der Waals surface area contributed by atoms with Crippen molar-refractivity contribution in [3.05, 3.63) is 34.5 Å². The molecule has 0 saturated heterocycles. The third-order valence-corrected chi connectivity index (χ3v) is 3.34. The molecule has 8 heteroatoms. The van der Waals surface area contributed by atoms with Crippen LogP contribution in [0, 0.1) is 18.3 Å². The number of anilines is 1. The number of aliphatic carboxylic acids is 1. The maximum atomic E-state index is 11.8. The Bertz CT molecular complexity index is 695. The van der Waals surface area contributed by atoms with Crippen molar-refractivity contribution < 1.29 is 19.4 Å². The van der Waals surface area contributed by atoms with Gasteiger partial charge in [-0.2, -0.15) is 5.26 Å². The molecule has 0 aliphatic carbocycles. The largest absolute Gasteiger partial charge is 0.495 e. The highest BCUT2D eigenvalue weighted by atomic mass is 35.5. The van der Waals surface area contributed by atoms with Gasteiger partial charge in [-0.1, -0.05) is 11.6 Å². The Hall–Kier alpha value is -2.72. The lowest BCUT2D eigenvalue weighted by Crippen LogP contribution is -2.39. The lowest BCUT2D eigenvalue weighted by molar-refractivity contribution is -0.140. The minimum Gasteiger partial charge on any atom is -0.495 e. The Morgan fingerprint density at radius 1 is 1.48 bits per heavy atom. The Balaban J connectivity index is 2.97. The van der Waals surface area contributed by atoms with Crippen LogP contribution in [0.5, 0.6) is 5.75 Å². The quantitative estimate of drug-likeness (QED) is 0.541. The van der Waals surface area contributed by atoms with Gasteiger partial charge in [0.05, 0.1) is 12.8 Å². The van der Waals surface area contributed by atoms with Gasteiger partial charge in [0.1, 0.15) is 23.4 Å². The van der Waals surface area contributed by atoms with E-state index >= 15 is 0 Å². The molecule has 0 bridgehead atoms. The summed E-state index contributed by atoms with van der Waals surface area (Å²) in [4.78, 5) is 22.5. The van der Waals surface area contributed by atoms with Crippen LogP contribution in [0.15, 0.2) is 23.9 Å². The van der Waals surface area contributed by atoms with Gasteiger partial charge >= 0.3 is 5.97 Å². The molecule has 23 heavy (non-hydrogen) atoms. The molecule has 0 aliphatic heterocycles. The van der Waals surface area contributed by atoms with Gasteiger partial charge in [-0.3, -0.25) is 9.59 Å². The second kappa shape index (κ2) is 8.06. The predicted molar refractivity (Wildman–Crippen MR) is 85.3 cm³/mol. The number of benzene rings is 1. The van der Waals surface area contributed by atoms with E-state index in [1.165, 1.54) is 20.2 Å². The fraction of sp³-hybridized carbons (Fsp3) is 0.267. The maximum Gasteiger partial charge on any atom is 0.325 e. The molecule has 0 fully saturated rings. The molecule has 0 radical (unpaired) electrons. The molecule has 1 aromatic carbocycles. The van der Waals surface area contributed by atoms with Crippen molar-refractivity contribution in [2.24, 2.45) is 0 Å². The molecule has 0 heterocycles. The number of hydrogen-bond donors (Lipinski definition) is 3. The molecule has 0 saturated carbocycles. The van der Waals surface area contributed by atoms with Crippen molar-refractivity contribution in [1.82, 2.24) is 5.32 Å². The number of hydrogen-bond acceptors (Lipinski definition) is 5. The monoisotopic (exact) mass is 337 g/mol. The summed E-state index contributed by atoms with van der Waals surface area (Å²) < 4.78 is 5.17. The van der Waals surface area contributed by atoms with Gasteiger partial charge in [0, 0.05) is 17.3 Å². The average molecular weight is 338 g/mol. The SMILES string of the molecule is COc1cc(Cl)c(C)cc1N/C=C(/C#N)C(=O)NC(C)C(=O)O. The first-order valence-electron chi connectivity index (χ1n) is 6.54. The van der Waals surface area contributed by atoms with Gasteiger partial charge < -0.3 is 20.5 Å². The molecule has 1 amide bonds. The van der Waals surface area contributed by atoms with Crippen LogP contribution >= 0.6 is 11.6 Å². The van der Waals surface area contributed by atoms with E-state index in [0.29, 0.717) is 16.5 Å². The molecule has 3 N–H and O–H groups in total. The molecular weight excluding hydrogens is 322 g/mol. The van der Waals surface area contributed by atoms with E-state index < -0.39 is 17.9 Å². The zero-order valence-corrected chi connectivity index (χ0v) is 13.6. The summed E-state index contributed by atoms with van der Waals surface area (Å²) >= 11 is 6.00. The van der Waals surface area contributed by atoms with Crippen LogP contribution in [0.25, 0.3) is 0 Å². The number of nitrogens with one attached hydrogen (secondary N) is 2. The molecule has 1 unspecified atom stereocenters. The molecule has 7 nitrogen and oxygen atoms in total. The van der Waals surface area contributed by atoms with Crippen molar-refractivity contribution in [2.45, 2.75) is 19.9 Å². The number of halogens is 1. The second-order valence-corrected chi connectivity index (χ2v) is 5.06. The Labute approximate surface area is 138 Å². The predicted octanol–water partition coefficient (Wildman–Crippen LogP) is 2.07. The van der Waals surface area contributed by atoms with Crippen LogP contribution in [0.1, 0.15) is 12.5 Å². The van der Waals surface area contributed by atoms with Crippen molar-refractivity contribution in [2.75, 3.05) is 12.4 Å². The molecule has 0 aromatic heterocycles. The van der Waals surface area contributed by atoms with Crippen molar-refractivity contribution in [3.63, 3.8) is 0 Å². The number of amides is 1. The standard InChI is InChI=1S/C15H16ClN3O4/c1-8-4-12(13(23-3)5-11(8)16)18-7-10(6-17)14(20)19-9(2)15(21)22/h4-5,7,9,18H,1-3H3,(H,19,20)(H,21,22)/b10-7-. The van der Waals surface area contributed by atoms with Gasteiger partial charge in [0.2, 0.25) is 0 Å². The lowest BCUT2D eigenvalue weighted by Gasteiger charge is -2.12. The highest BCUT2D eigenvalue weighted by Gasteiger charge is 2.17. The summed E-state index contributed by atoms with van der Waals surface area (Å²) in [6.07, 6.45) is 1.18. The first kappa shape index (κ1) is 18.3. The first-order valence-corrected chi connectivity index (χ1v) is 6.92. The molecule has 1 aromatic rings. The number of rotatable bonds is 6. The number of carboxylic acid groups (broad SMARTS) is 1. The molecule has 0 spiro atoms. The molecule has 122 valence electrons. The number of ether oxygens (including phenoxy) is 1. The Kier molecular flexibility index (Phi) is 6.42. The minimum atomic E-state index is -1.20. The van der Waals surface area contributed by atoms with Crippen LogP contribution in [-0.2, 0) is 9.59 Å². The number of methoxy groups -OCH3 is 1. The van der Waals surface area contributed by atoms with E-state index in [9.17, 15) is 9.59 Å². The Morgan fingerprint density at radius 3 is 2.65 bits per heavy atom. The van der Waals surface area contributed by atoms with E-state index in [0.717, 1.165) is 5.56 Å². The fourth-order valence-corrected chi connectivity index (χ4v) is 1.73.